The minimum atomic E-state index is -0.117. The average Bonchev–Trinajstić information content (AvgIpc) is 2.82. The number of aryl methyl sites for hydroxylation is 2. The third kappa shape index (κ3) is 5.73. The Morgan fingerprint density at radius 3 is 1.22 bits per heavy atom. The quantitative estimate of drug-likeness (QED) is 0.265. The highest BCUT2D eigenvalue weighted by atomic mass is 16.5. The second-order valence-electron chi connectivity index (χ2n) is 8.15. The lowest BCUT2D eigenvalue weighted by molar-refractivity contribution is -0.000928. The molecule has 0 saturated carbocycles. The van der Waals surface area contributed by atoms with Gasteiger partial charge in [-0.1, -0.05) is 120 Å². The van der Waals surface area contributed by atoms with Crippen molar-refractivity contribution >= 4 is 0 Å². The van der Waals surface area contributed by atoms with Crippen molar-refractivity contribution in [2.45, 2.75) is 26.1 Å². The van der Waals surface area contributed by atoms with Gasteiger partial charge >= 0.3 is 0 Å². The number of ether oxygens (including phenoxy) is 2. The summed E-state index contributed by atoms with van der Waals surface area (Å²) in [7, 11) is 0. The highest BCUT2D eigenvalue weighted by molar-refractivity contribution is 5.33. The molecule has 0 saturated heterocycles. The van der Waals surface area contributed by atoms with Crippen LogP contribution in [-0.4, -0.2) is 13.2 Å². The van der Waals surface area contributed by atoms with Crippen molar-refractivity contribution in [2.75, 3.05) is 13.2 Å². The van der Waals surface area contributed by atoms with Crippen LogP contribution in [0.1, 0.15) is 45.6 Å². The van der Waals surface area contributed by atoms with Crippen LogP contribution in [0.2, 0.25) is 0 Å². The van der Waals surface area contributed by atoms with E-state index < -0.39 is 0 Å². The maximum absolute atomic E-state index is 6.39. The summed E-state index contributed by atoms with van der Waals surface area (Å²) in [5.74, 6) is 0. The average molecular weight is 423 g/mol. The minimum absolute atomic E-state index is 0.117. The Labute approximate surface area is 191 Å². The first-order valence-corrected chi connectivity index (χ1v) is 11.2. The van der Waals surface area contributed by atoms with Crippen molar-refractivity contribution < 1.29 is 9.47 Å². The first-order valence-electron chi connectivity index (χ1n) is 11.2. The molecule has 0 aliphatic heterocycles. The normalized spacial score (nSPS) is 12.9. The molecule has 4 aromatic carbocycles. The van der Waals surface area contributed by atoms with Gasteiger partial charge in [0.1, 0.15) is 12.2 Å². The highest BCUT2D eigenvalue weighted by Gasteiger charge is 2.17. The SMILES string of the molecule is Cc1cccc(C(OCCOC(c2ccccc2)c2cccc(C)c2)c2ccccc2)c1. The van der Waals surface area contributed by atoms with Gasteiger partial charge in [-0.25, -0.2) is 0 Å². The molecular weight excluding hydrogens is 392 g/mol. The number of hydrogen-bond donors (Lipinski definition) is 0. The van der Waals surface area contributed by atoms with Crippen LogP contribution in [0.25, 0.3) is 0 Å². The van der Waals surface area contributed by atoms with E-state index in [4.69, 9.17) is 9.47 Å². The van der Waals surface area contributed by atoms with E-state index in [1.165, 1.54) is 11.1 Å². The molecule has 32 heavy (non-hydrogen) atoms. The van der Waals surface area contributed by atoms with Crippen LogP contribution in [-0.2, 0) is 9.47 Å². The molecule has 2 unspecified atom stereocenters. The van der Waals surface area contributed by atoms with Gasteiger partial charge in [0, 0.05) is 0 Å². The Morgan fingerprint density at radius 1 is 0.469 bits per heavy atom. The van der Waals surface area contributed by atoms with Crippen LogP contribution in [0.3, 0.4) is 0 Å². The van der Waals surface area contributed by atoms with E-state index >= 15 is 0 Å². The monoisotopic (exact) mass is 422 g/mol. The number of rotatable bonds is 9. The lowest BCUT2D eigenvalue weighted by atomic mass is 9.99. The standard InChI is InChI=1S/C30H30O2/c1-23-11-9-17-27(21-23)29(25-13-5-3-6-14-25)31-19-20-32-30(26-15-7-4-8-16-26)28-18-10-12-24(2)22-28/h3-18,21-22,29-30H,19-20H2,1-2H3. The molecule has 0 fully saturated rings. The van der Waals surface area contributed by atoms with Gasteiger partial charge in [0.15, 0.2) is 0 Å². The number of benzene rings is 4. The van der Waals surface area contributed by atoms with E-state index in [-0.39, 0.29) is 12.2 Å². The summed E-state index contributed by atoms with van der Waals surface area (Å²) in [6.07, 6.45) is -0.234. The summed E-state index contributed by atoms with van der Waals surface area (Å²) >= 11 is 0. The molecule has 0 bridgehead atoms. The highest BCUT2D eigenvalue weighted by Crippen LogP contribution is 2.29. The largest absolute Gasteiger partial charge is 0.366 e. The molecule has 0 aliphatic carbocycles. The first-order chi connectivity index (χ1) is 15.7. The maximum atomic E-state index is 6.39. The van der Waals surface area contributed by atoms with E-state index in [0.717, 1.165) is 22.3 Å². The van der Waals surface area contributed by atoms with Crippen molar-refractivity contribution in [3.05, 3.63) is 143 Å². The summed E-state index contributed by atoms with van der Waals surface area (Å²) in [5.41, 5.74) is 7.08. The van der Waals surface area contributed by atoms with E-state index in [2.05, 4.69) is 111 Å². The summed E-state index contributed by atoms with van der Waals surface area (Å²) in [6, 6.07) is 37.8. The summed E-state index contributed by atoms with van der Waals surface area (Å²) in [5, 5.41) is 0. The van der Waals surface area contributed by atoms with Crippen molar-refractivity contribution in [2.24, 2.45) is 0 Å². The van der Waals surface area contributed by atoms with Crippen molar-refractivity contribution in [1.29, 1.82) is 0 Å². The van der Waals surface area contributed by atoms with Crippen molar-refractivity contribution in [3.63, 3.8) is 0 Å². The molecule has 0 N–H and O–H groups in total. The molecule has 4 aromatic rings. The summed E-state index contributed by atoms with van der Waals surface area (Å²) in [6.45, 7) is 5.23. The molecule has 0 radical (unpaired) electrons. The van der Waals surface area contributed by atoms with E-state index in [9.17, 15) is 0 Å². The third-order valence-electron chi connectivity index (χ3n) is 5.55. The molecule has 162 valence electrons. The second-order valence-corrected chi connectivity index (χ2v) is 8.15. The summed E-state index contributed by atoms with van der Waals surface area (Å²) in [4.78, 5) is 0. The molecule has 2 nitrogen and oxygen atoms in total. The Kier molecular flexibility index (Phi) is 7.50. The van der Waals surface area contributed by atoms with Crippen molar-refractivity contribution in [3.8, 4) is 0 Å². The van der Waals surface area contributed by atoms with Crippen LogP contribution >= 0.6 is 0 Å². The topological polar surface area (TPSA) is 18.5 Å². The Balaban J connectivity index is 1.48. The Morgan fingerprint density at radius 2 is 0.844 bits per heavy atom. The zero-order chi connectivity index (χ0) is 22.2. The molecule has 2 atom stereocenters. The molecular formula is C30H30O2. The molecule has 0 amide bonds. The predicted octanol–water partition coefficient (Wildman–Crippen LogP) is 7.22. The van der Waals surface area contributed by atoms with Crippen LogP contribution in [0.15, 0.2) is 109 Å². The van der Waals surface area contributed by atoms with Crippen LogP contribution in [0.5, 0.6) is 0 Å². The molecule has 0 aromatic heterocycles. The fourth-order valence-electron chi connectivity index (χ4n) is 4.02. The van der Waals surface area contributed by atoms with Crippen LogP contribution in [0.4, 0.5) is 0 Å². The first kappa shape index (κ1) is 22.0. The third-order valence-corrected chi connectivity index (χ3v) is 5.55. The van der Waals surface area contributed by atoms with Gasteiger partial charge in [0.2, 0.25) is 0 Å². The fourth-order valence-corrected chi connectivity index (χ4v) is 4.02. The van der Waals surface area contributed by atoms with Gasteiger partial charge in [-0.05, 0) is 36.1 Å². The van der Waals surface area contributed by atoms with Gasteiger partial charge in [0.05, 0.1) is 13.2 Å². The maximum Gasteiger partial charge on any atom is 0.108 e. The molecule has 2 heteroatoms. The van der Waals surface area contributed by atoms with Gasteiger partial charge in [-0.15, -0.1) is 0 Å². The van der Waals surface area contributed by atoms with E-state index in [1.54, 1.807) is 0 Å². The van der Waals surface area contributed by atoms with Gasteiger partial charge in [0.25, 0.3) is 0 Å². The van der Waals surface area contributed by atoms with E-state index in [1.807, 2.05) is 12.1 Å². The predicted molar refractivity (Wildman–Crippen MR) is 131 cm³/mol. The van der Waals surface area contributed by atoms with Crippen LogP contribution in [0, 0.1) is 13.8 Å². The van der Waals surface area contributed by atoms with Gasteiger partial charge in [-0.2, -0.15) is 0 Å². The lowest BCUT2D eigenvalue weighted by Crippen LogP contribution is -2.14. The van der Waals surface area contributed by atoms with E-state index in [0.29, 0.717) is 13.2 Å². The second kappa shape index (κ2) is 10.9. The molecule has 4 rings (SSSR count). The summed E-state index contributed by atoms with van der Waals surface area (Å²) < 4.78 is 12.8. The molecule has 0 aliphatic rings. The van der Waals surface area contributed by atoms with Crippen LogP contribution < -0.4 is 0 Å². The van der Waals surface area contributed by atoms with Crippen molar-refractivity contribution in [1.82, 2.24) is 0 Å². The number of hydrogen-bond acceptors (Lipinski definition) is 2. The molecule has 0 heterocycles. The van der Waals surface area contributed by atoms with Gasteiger partial charge in [-0.3, -0.25) is 0 Å². The van der Waals surface area contributed by atoms with Gasteiger partial charge < -0.3 is 9.47 Å². The Hall–Kier alpha value is -3.20. The lowest BCUT2D eigenvalue weighted by Gasteiger charge is -2.22. The minimum Gasteiger partial charge on any atom is -0.366 e. The zero-order valence-electron chi connectivity index (χ0n) is 18.8. The zero-order valence-corrected chi connectivity index (χ0v) is 18.8. The fraction of sp³-hybridized carbons (Fsp3) is 0.200. The molecule has 0 spiro atoms. The smallest absolute Gasteiger partial charge is 0.108 e. The Bertz CT molecular complexity index is 1010.